The number of morpholine rings is 1. The van der Waals surface area contributed by atoms with Crippen LogP contribution in [0.4, 0.5) is 8.78 Å². The first-order valence-corrected chi connectivity index (χ1v) is 8.79. The van der Waals surface area contributed by atoms with Gasteiger partial charge in [-0.1, -0.05) is 6.07 Å². The van der Waals surface area contributed by atoms with E-state index in [-0.39, 0.29) is 41.9 Å². The molecule has 1 aromatic carbocycles. The molecule has 6 nitrogen and oxygen atoms in total. The van der Waals surface area contributed by atoms with E-state index in [0.717, 1.165) is 24.9 Å². The fourth-order valence-electron chi connectivity index (χ4n) is 3.09. The van der Waals surface area contributed by atoms with Crippen molar-refractivity contribution in [3.05, 3.63) is 23.8 Å². The quantitative estimate of drug-likeness (QED) is 0.719. The summed E-state index contributed by atoms with van der Waals surface area (Å²) in [5.41, 5.74) is 0.816. The molecule has 0 aromatic heterocycles. The van der Waals surface area contributed by atoms with Gasteiger partial charge in [0.2, 0.25) is 5.91 Å². The van der Waals surface area contributed by atoms with Crippen LogP contribution in [0.25, 0.3) is 0 Å². The highest BCUT2D eigenvalue weighted by Gasteiger charge is 2.33. The van der Waals surface area contributed by atoms with Gasteiger partial charge in [0, 0.05) is 31.6 Å². The van der Waals surface area contributed by atoms with Gasteiger partial charge in [-0.15, -0.1) is 12.4 Å². The number of nitrogens with zero attached hydrogens (tertiary/aromatic N) is 1. The molecular weight excluding hydrogens is 382 g/mol. The number of nitrogens with one attached hydrogen (secondary N) is 1. The van der Waals surface area contributed by atoms with Gasteiger partial charge in [-0.2, -0.15) is 8.78 Å². The minimum atomic E-state index is -2.91. The molecule has 1 aromatic rings. The monoisotopic (exact) mass is 406 g/mol. The predicted molar refractivity (Wildman–Crippen MR) is 97.7 cm³/mol. The van der Waals surface area contributed by atoms with Crippen LogP contribution in [0.1, 0.15) is 24.8 Å². The fraction of sp³-hybridized carbons (Fsp3) is 0.611. The number of amides is 1. The minimum absolute atomic E-state index is 0. The molecule has 152 valence electrons. The number of hydrogen-bond donors (Lipinski definition) is 1. The van der Waals surface area contributed by atoms with E-state index in [1.807, 2.05) is 4.90 Å². The van der Waals surface area contributed by atoms with E-state index in [2.05, 4.69) is 10.1 Å². The molecule has 0 bridgehead atoms. The van der Waals surface area contributed by atoms with Gasteiger partial charge in [0.25, 0.3) is 0 Å². The average Bonchev–Trinajstić information content (AvgIpc) is 3.46. The van der Waals surface area contributed by atoms with Crippen LogP contribution < -0.4 is 14.8 Å². The summed E-state index contributed by atoms with van der Waals surface area (Å²) in [4.78, 5) is 14.6. The standard InChI is InChI=1S/C18H24F2N2O4.ClH/c1-24-16-8-12(2-5-15(16)26-18(19)20)10-22(14-3-4-14)17(23)9-13-11-25-7-6-21-13;/h2,5,8,13-14,18,21H,3-4,6-7,9-11H2,1H3;1H. The zero-order chi connectivity index (χ0) is 18.5. The first-order valence-electron chi connectivity index (χ1n) is 8.79. The molecule has 1 aliphatic carbocycles. The Hall–Kier alpha value is -1.64. The number of ether oxygens (including phenoxy) is 3. The van der Waals surface area contributed by atoms with Gasteiger partial charge < -0.3 is 24.4 Å². The third-order valence-electron chi connectivity index (χ3n) is 4.52. The van der Waals surface area contributed by atoms with Crippen molar-refractivity contribution in [2.24, 2.45) is 0 Å². The number of alkyl halides is 2. The third-order valence-corrected chi connectivity index (χ3v) is 4.52. The molecule has 0 radical (unpaired) electrons. The van der Waals surface area contributed by atoms with Crippen LogP contribution in [0.5, 0.6) is 11.5 Å². The molecule has 2 fully saturated rings. The molecule has 2 aliphatic rings. The highest BCUT2D eigenvalue weighted by Crippen LogP contribution is 2.33. The summed E-state index contributed by atoms with van der Waals surface area (Å²) in [7, 11) is 1.40. The number of carbonyl (C=O) groups excluding carboxylic acids is 1. The largest absolute Gasteiger partial charge is 0.493 e. The summed E-state index contributed by atoms with van der Waals surface area (Å²) in [5, 5.41) is 3.29. The van der Waals surface area contributed by atoms with Crippen molar-refractivity contribution >= 4 is 18.3 Å². The number of halogens is 3. The van der Waals surface area contributed by atoms with E-state index in [1.54, 1.807) is 12.1 Å². The normalized spacial score (nSPS) is 19.3. The smallest absolute Gasteiger partial charge is 0.387 e. The van der Waals surface area contributed by atoms with Crippen molar-refractivity contribution in [1.29, 1.82) is 0 Å². The molecule has 27 heavy (non-hydrogen) atoms. The summed E-state index contributed by atoms with van der Waals surface area (Å²) in [6.45, 7) is -0.529. The van der Waals surface area contributed by atoms with Crippen LogP contribution in [0.3, 0.4) is 0 Å². The first-order chi connectivity index (χ1) is 12.6. The van der Waals surface area contributed by atoms with Crippen molar-refractivity contribution in [2.75, 3.05) is 26.9 Å². The number of carbonyl (C=O) groups is 1. The Balaban J connectivity index is 0.00000261. The van der Waals surface area contributed by atoms with E-state index in [9.17, 15) is 13.6 Å². The molecule has 1 atom stereocenters. The van der Waals surface area contributed by atoms with Crippen molar-refractivity contribution in [1.82, 2.24) is 10.2 Å². The Labute approximate surface area is 163 Å². The van der Waals surface area contributed by atoms with Crippen LogP contribution in [-0.4, -0.2) is 56.4 Å². The molecule has 1 N–H and O–H groups in total. The van der Waals surface area contributed by atoms with Crippen LogP contribution in [0, 0.1) is 0 Å². The average molecular weight is 407 g/mol. The molecule has 1 saturated carbocycles. The molecule has 3 rings (SSSR count). The van der Waals surface area contributed by atoms with Crippen molar-refractivity contribution < 1.29 is 27.8 Å². The number of methoxy groups -OCH3 is 1. The second kappa shape index (κ2) is 10.1. The van der Waals surface area contributed by atoms with Crippen LogP contribution in [-0.2, 0) is 16.1 Å². The Morgan fingerprint density at radius 3 is 2.74 bits per heavy atom. The SMILES string of the molecule is COc1cc(CN(C(=O)CC2COCCN2)C2CC2)ccc1OC(F)F.Cl. The lowest BCUT2D eigenvalue weighted by atomic mass is 10.1. The molecule has 9 heteroatoms. The fourth-order valence-corrected chi connectivity index (χ4v) is 3.09. The first kappa shape index (κ1) is 21.7. The number of benzene rings is 1. The number of hydrogen-bond acceptors (Lipinski definition) is 5. The van der Waals surface area contributed by atoms with E-state index in [1.165, 1.54) is 13.2 Å². The maximum absolute atomic E-state index is 12.7. The van der Waals surface area contributed by atoms with Crippen molar-refractivity contribution in [3.8, 4) is 11.5 Å². The predicted octanol–water partition coefficient (Wildman–Crippen LogP) is 2.59. The van der Waals surface area contributed by atoms with Gasteiger partial charge in [-0.3, -0.25) is 4.79 Å². The lowest BCUT2D eigenvalue weighted by Gasteiger charge is -2.28. The summed E-state index contributed by atoms with van der Waals surface area (Å²) in [6.07, 6.45) is 2.37. The lowest BCUT2D eigenvalue weighted by Crippen LogP contribution is -2.45. The lowest BCUT2D eigenvalue weighted by molar-refractivity contribution is -0.133. The molecular formula is C18H25ClF2N2O4. The topological polar surface area (TPSA) is 60.0 Å². The summed E-state index contributed by atoms with van der Waals surface area (Å²) >= 11 is 0. The zero-order valence-corrected chi connectivity index (χ0v) is 16.0. The highest BCUT2D eigenvalue weighted by atomic mass is 35.5. The molecule has 1 saturated heterocycles. The van der Waals surface area contributed by atoms with Crippen molar-refractivity contribution in [2.45, 2.75) is 44.5 Å². The second-order valence-corrected chi connectivity index (χ2v) is 6.55. The van der Waals surface area contributed by atoms with Gasteiger partial charge in [0.1, 0.15) is 0 Å². The van der Waals surface area contributed by atoms with Gasteiger partial charge in [-0.05, 0) is 30.5 Å². The Morgan fingerprint density at radius 1 is 1.37 bits per heavy atom. The highest BCUT2D eigenvalue weighted by molar-refractivity contribution is 5.85. The van der Waals surface area contributed by atoms with Crippen LogP contribution in [0.15, 0.2) is 18.2 Å². The summed E-state index contributed by atoms with van der Waals surface area (Å²) in [5.74, 6) is 0.287. The van der Waals surface area contributed by atoms with Gasteiger partial charge >= 0.3 is 6.61 Å². The number of rotatable bonds is 8. The minimum Gasteiger partial charge on any atom is -0.493 e. The van der Waals surface area contributed by atoms with E-state index in [0.29, 0.717) is 26.2 Å². The maximum atomic E-state index is 12.7. The van der Waals surface area contributed by atoms with E-state index < -0.39 is 6.61 Å². The summed E-state index contributed by atoms with van der Waals surface area (Å²) in [6, 6.07) is 5.06. The van der Waals surface area contributed by atoms with Gasteiger partial charge in [-0.25, -0.2) is 0 Å². The van der Waals surface area contributed by atoms with E-state index >= 15 is 0 Å². The Kier molecular flexibility index (Phi) is 8.07. The maximum Gasteiger partial charge on any atom is 0.387 e. The second-order valence-electron chi connectivity index (χ2n) is 6.55. The zero-order valence-electron chi connectivity index (χ0n) is 15.2. The van der Waals surface area contributed by atoms with Crippen LogP contribution >= 0.6 is 12.4 Å². The van der Waals surface area contributed by atoms with Crippen molar-refractivity contribution in [3.63, 3.8) is 0 Å². The molecule has 1 amide bonds. The third kappa shape index (κ3) is 6.19. The summed E-state index contributed by atoms with van der Waals surface area (Å²) < 4.78 is 39.9. The Morgan fingerprint density at radius 2 is 2.15 bits per heavy atom. The van der Waals surface area contributed by atoms with Gasteiger partial charge in [0.15, 0.2) is 11.5 Å². The molecule has 1 heterocycles. The van der Waals surface area contributed by atoms with E-state index in [4.69, 9.17) is 9.47 Å². The molecule has 0 spiro atoms. The Bertz CT molecular complexity index is 625. The molecule has 1 aliphatic heterocycles. The molecule has 1 unspecified atom stereocenters. The van der Waals surface area contributed by atoms with Gasteiger partial charge in [0.05, 0.1) is 20.3 Å². The van der Waals surface area contributed by atoms with Crippen LogP contribution in [0.2, 0.25) is 0 Å².